The Balaban J connectivity index is 1.57. The van der Waals surface area contributed by atoms with Crippen LogP contribution in [0.5, 0.6) is 5.75 Å². The number of ether oxygens (including phenoxy) is 2. The second-order valence-corrected chi connectivity index (χ2v) is 17.5. The van der Waals surface area contributed by atoms with Gasteiger partial charge < -0.3 is 23.6 Å². The van der Waals surface area contributed by atoms with Gasteiger partial charge in [-0.2, -0.15) is 0 Å². The van der Waals surface area contributed by atoms with Gasteiger partial charge in [0.2, 0.25) is 8.41 Å². The minimum absolute atomic E-state index is 0.0275. The Morgan fingerprint density at radius 1 is 1.19 bits per heavy atom. The third kappa shape index (κ3) is 6.83. The highest BCUT2D eigenvalue weighted by molar-refractivity contribution is 6.72. The molecule has 0 saturated carbocycles. The van der Waals surface area contributed by atoms with Crippen LogP contribution in [0.3, 0.4) is 0 Å². The zero-order chi connectivity index (χ0) is 34.8. The van der Waals surface area contributed by atoms with E-state index in [1.54, 1.807) is 47.2 Å². The third-order valence-electron chi connectivity index (χ3n) is 9.67. The number of aliphatic hydroxyl groups excluding tert-OH is 1. The molecule has 1 amide bonds. The first-order valence-electron chi connectivity index (χ1n) is 16.7. The van der Waals surface area contributed by atoms with Crippen molar-refractivity contribution in [3.63, 3.8) is 0 Å². The lowest BCUT2D eigenvalue weighted by Gasteiger charge is -2.31. The number of carbonyl (C=O) groups is 1. The van der Waals surface area contributed by atoms with Gasteiger partial charge in [0.25, 0.3) is 11.5 Å². The van der Waals surface area contributed by atoms with Gasteiger partial charge in [0.15, 0.2) is 11.4 Å². The second kappa shape index (κ2) is 14.3. The summed E-state index contributed by atoms with van der Waals surface area (Å²) in [7, 11) is -1.93. The molecule has 0 unspecified atom stereocenters. The van der Waals surface area contributed by atoms with Crippen LogP contribution in [0.15, 0.2) is 70.8 Å². The number of anilines is 1. The molecular formula is C36H48FN5O5Si. The number of nitrogens with zero attached hydrogens (tertiary/aromatic N) is 5. The molecule has 1 aromatic carbocycles. The molecule has 1 N–H and O–H groups in total. The van der Waals surface area contributed by atoms with Crippen molar-refractivity contribution in [3.05, 3.63) is 87.6 Å². The molecule has 5 rings (SSSR count). The molecule has 10 nitrogen and oxygen atoms in total. The number of hydrogen-bond donors (Lipinski definition) is 1. The summed E-state index contributed by atoms with van der Waals surface area (Å²) in [5.41, 5.74) is 2.76. The van der Waals surface area contributed by atoms with Crippen molar-refractivity contribution < 1.29 is 23.5 Å². The standard InChI is InChI=1S/C36H48FN5O5Si/c1-24(2)10-8-11-25(3)15-20-42-30-14-13-28(41-18-9-12-32(46-5)34(41)44)22-29(30)36(35(42)45)26(4)33(48(6,7)37)31(47-36)16-19-40-23-27(17-21-43)38-39-40/h9-10,12-15,18,22-23,26,31,33,43H,8,11,16-17,19-21H2,1-7H3/b25-15+/t26-,31+,33-,36+/m1/s1. The molecule has 1 spiro atoms. The number of aromatic nitrogens is 4. The van der Waals surface area contributed by atoms with Crippen LogP contribution in [-0.4, -0.2) is 65.3 Å². The lowest BCUT2D eigenvalue weighted by Crippen LogP contribution is -2.45. The normalized spacial score (nSPS) is 22.4. The minimum Gasteiger partial charge on any atom is -0.491 e. The summed E-state index contributed by atoms with van der Waals surface area (Å²) in [4.78, 5) is 29.8. The summed E-state index contributed by atoms with van der Waals surface area (Å²) in [6.45, 7) is 12.3. The van der Waals surface area contributed by atoms with Crippen LogP contribution in [0, 0.1) is 5.92 Å². The first-order chi connectivity index (χ1) is 22.8. The average molecular weight is 678 g/mol. The van der Waals surface area contributed by atoms with Gasteiger partial charge in [0.05, 0.1) is 24.6 Å². The highest BCUT2D eigenvalue weighted by Crippen LogP contribution is 2.60. The molecule has 0 aliphatic carbocycles. The lowest BCUT2D eigenvalue weighted by molar-refractivity contribution is -0.145. The minimum atomic E-state index is -3.39. The molecule has 2 aliphatic rings. The molecule has 2 aliphatic heterocycles. The number of rotatable bonds is 13. The van der Waals surface area contributed by atoms with Gasteiger partial charge in [0.1, 0.15) is 0 Å². The predicted octanol–water partition coefficient (Wildman–Crippen LogP) is 5.88. The smallest absolute Gasteiger partial charge is 0.297 e. The fraction of sp³-hybridized carbons (Fsp3) is 0.500. The molecule has 3 aromatic rings. The molecule has 12 heteroatoms. The molecule has 1 fully saturated rings. The summed E-state index contributed by atoms with van der Waals surface area (Å²) >= 11 is 0. The number of aliphatic hydroxyl groups is 1. The summed E-state index contributed by atoms with van der Waals surface area (Å²) in [5, 5.41) is 17.6. The molecule has 0 bridgehead atoms. The molecule has 2 aromatic heterocycles. The Kier molecular flexibility index (Phi) is 10.6. The summed E-state index contributed by atoms with van der Waals surface area (Å²) < 4.78 is 31.8. The van der Waals surface area contributed by atoms with Gasteiger partial charge in [-0.3, -0.25) is 18.8 Å². The van der Waals surface area contributed by atoms with E-state index in [2.05, 4.69) is 43.2 Å². The van der Waals surface area contributed by atoms with Gasteiger partial charge in [-0.25, -0.2) is 0 Å². The van der Waals surface area contributed by atoms with E-state index in [1.807, 2.05) is 25.1 Å². The van der Waals surface area contributed by atoms with E-state index in [-0.39, 0.29) is 23.8 Å². The highest BCUT2D eigenvalue weighted by Gasteiger charge is 2.66. The number of pyridine rings is 1. The van der Waals surface area contributed by atoms with Crippen LogP contribution in [-0.2, 0) is 28.1 Å². The Morgan fingerprint density at radius 3 is 2.65 bits per heavy atom. The molecule has 258 valence electrons. The van der Waals surface area contributed by atoms with E-state index in [4.69, 9.17) is 9.47 Å². The molecule has 1 saturated heterocycles. The predicted molar refractivity (Wildman–Crippen MR) is 187 cm³/mol. The summed E-state index contributed by atoms with van der Waals surface area (Å²) in [6.07, 6.45) is 9.80. The maximum absolute atomic E-state index is 16.4. The van der Waals surface area contributed by atoms with Gasteiger partial charge in [-0.05, 0) is 83.5 Å². The zero-order valence-corrected chi connectivity index (χ0v) is 30.1. The van der Waals surface area contributed by atoms with Crippen LogP contribution in [0.2, 0.25) is 18.6 Å². The molecule has 48 heavy (non-hydrogen) atoms. The summed E-state index contributed by atoms with van der Waals surface area (Å²) in [5.74, 6) is -0.499. The molecule has 4 heterocycles. The number of benzene rings is 1. The number of aryl methyl sites for hydroxylation is 1. The fourth-order valence-corrected chi connectivity index (χ4v) is 9.89. The maximum Gasteiger partial charge on any atom is 0.297 e. The monoisotopic (exact) mass is 677 g/mol. The maximum atomic E-state index is 16.4. The number of hydrogen-bond acceptors (Lipinski definition) is 7. The fourth-order valence-electron chi connectivity index (χ4n) is 7.34. The number of fused-ring (bicyclic) bond motifs is 2. The van der Waals surface area contributed by atoms with E-state index in [0.29, 0.717) is 48.6 Å². The van der Waals surface area contributed by atoms with Crippen molar-refractivity contribution >= 4 is 20.0 Å². The third-order valence-corrected chi connectivity index (χ3v) is 12.1. The number of carbonyl (C=O) groups excluding carboxylic acids is 1. The van der Waals surface area contributed by atoms with Crippen molar-refractivity contribution in [2.45, 2.75) is 90.3 Å². The van der Waals surface area contributed by atoms with Crippen LogP contribution < -0.4 is 15.2 Å². The van der Waals surface area contributed by atoms with E-state index in [0.717, 1.165) is 12.8 Å². The highest BCUT2D eigenvalue weighted by atomic mass is 28.4. The number of methoxy groups -OCH3 is 1. The quantitative estimate of drug-likeness (QED) is 0.137. The van der Waals surface area contributed by atoms with Crippen LogP contribution in [0.1, 0.15) is 58.2 Å². The number of halogens is 1. The van der Waals surface area contributed by atoms with Crippen molar-refractivity contribution in [3.8, 4) is 11.4 Å². The molecule has 0 radical (unpaired) electrons. The van der Waals surface area contributed by atoms with Gasteiger partial charge in [0, 0.05) is 61.2 Å². The topological polar surface area (TPSA) is 112 Å². The van der Waals surface area contributed by atoms with E-state index in [1.165, 1.54) is 22.8 Å². The van der Waals surface area contributed by atoms with E-state index >= 15 is 4.11 Å². The SMILES string of the molecule is COc1cccn(-c2ccc3c(c2)[C@]2(O[C@@H](CCn4cc(CCO)nn4)[C@H]([Si](C)(C)F)[C@H]2C)C(=O)N3C/C=C(\C)CCC=C(C)C)c1=O. The number of amides is 1. The van der Waals surface area contributed by atoms with Crippen LogP contribution >= 0.6 is 0 Å². The van der Waals surface area contributed by atoms with E-state index < -0.39 is 31.6 Å². The first-order valence-corrected chi connectivity index (χ1v) is 19.7. The Bertz CT molecular complexity index is 1760. The lowest BCUT2D eigenvalue weighted by atomic mass is 9.82. The van der Waals surface area contributed by atoms with Crippen molar-refractivity contribution in [2.24, 2.45) is 5.92 Å². The molecule has 4 atom stereocenters. The largest absolute Gasteiger partial charge is 0.491 e. The van der Waals surface area contributed by atoms with Crippen molar-refractivity contribution in [2.75, 3.05) is 25.2 Å². The average Bonchev–Trinajstić information content (AvgIpc) is 3.68. The number of allylic oxidation sites excluding steroid dienone is 3. The van der Waals surface area contributed by atoms with Crippen molar-refractivity contribution in [1.82, 2.24) is 19.6 Å². The second-order valence-electron chi connectivity index (χ2n) is 13.7. The Morgan fingerprint density at radius 2 is 1.96 bits per heavy atom. The zero-order valence-electron chi connectivity index (χ0n) is 29.1. The Labute approximate surface area is 283 Å². The van der Waals surface area contributed by atoms with Gasteiger partial charge in [-0.1, -0.05) is 35.4 Å². The van der Waals surface area contributed by atoms with Crippen molar-refractivity contribution in [1.29, 1.82) is 0 Å². The first kappa shape index (κ1) is 35.4. The van der Waals surface area contributed by atoms with Crippen LogP contribution in [0.25, 0.3) is 5.69 Å². The van der Waals surface area contributed by atoms with Crippen LogP contribution in [0.4, 0.5) is 9.80 Å². The van der Waals surface area contributed by atoms with E-state index in [9.17, 15) is 14.7 Å². The molecular weight excluding hydrogens is 630 g/mol. The van der Waals surface area contributed by atoms with Gasteiger partial charge in [-0.15, -0.1) is 5.10 Å². The van der Waals surface area contributed by atoms with Gasteiger partial charge >= 0.3 is 0 Å². The summed E-state index contributed by atoms with van der Waals surface area (Å²) in [6, 6.07) is 8.88. The Hall–Kier alpha value is -3.87.